The molecule has 1 atom stereocenters. The van der Waals surface area contributed by atoms with Crippen LogP contribution in [-0.4, -0.2) is 19.9 Å². The average molecular weight is 315 g/mol. The summed E-state index contributed by atoms with van der Waals surface area (Å²) in [6.07, 6.45) is 2.51. The normalized spacial score (nSPS) is 12.7. The van der Waals surface area contributed by atoms with Crippen LogP contribution in [0.1, 0.15) is 11.7 Å². The van der Waals surface area contributed by atoms with E-state index in [0.717, 1.165) is 9.13 Å². The van der Waals surface area contributed by atoms with Crippen LogP contribution in [0.15, 0.2) is 36.9 Å². The zero-order valence-electron chi connectivity index (χ0n) is 7.92. The molecule has 0 saturated heterocycles. The molecule has 0 aliphatic rings. The lowest BCUT2D eigenvalue weighted by Crippen LogP contribution is -2.08. The Kier molecular flexibility index (Phi) is 3.32. The van der Waals surface area contributed by atoms with Crippen LogP contribution in [0, 0.1) is 3.57 Å². The molecule has 0 radical (unpaired) electrons. The van der Waals surface area contributed by atoms with Crippen LogP contribution in [0.3, 0.4) is 0 Å². The van der Waals surface area contributed by atoms with E-state index >= 15 is 0 Å². The zero-order chi connectivity index (χ0) is 10.7. The number of benzene rings is 1. The average Bonchev–Trinajstić information content (AvgIpc) is 2.71. The van der Waals surface area contributed by atoms with Gasteiger partial charge in [0.15, 0.2) is 0 Å². The first-order chi connectivity index (χ1) is 7.25. The lowest BCUT2D eigenvalue weighted by Gasteiger charge is -2.10. The molecule has 0 amide bonds. The molecular formula is C10H10IN3O. The Morgan fingerprint density at radius 3 is 2.67 bits per heavy atom. The number of halogens is 1. The number of nitrogens with zero attached hydrogens (tertiary/aromatic N) is 3. The number of hydrogen-bond acceptors (Lipinski definition) is 3. The third-order valence-corrected chi connectivity index (χ3v) is 2.80. The molecule has 2 aromatic rings. The van der Waals surface area contributed by atoms with Crippen LogP contribution in [0.2, 0.25) is 0 Å². The maximum absolute atomic E-state index is 9.89. The molecule has 1 heterocycles. The van der Waals surface area contributed by atoms with Gasteiger partial charge in [-0.3, -0.25) is 4.68 Å². The molecule has 0 aliphatic carbocycles. The van der Waals surface area contributed by atoms with Crippen molar-refractivity contribution in [3.05, 3.63) is 46.1 Å². The summed E-state index contributed by atoms with van der Waals surface area (Å²) in [4.78, 5) is 3.82. The monoisotopic (exact) mass is 315 g/mol. The lowest BCUT2D eigenvalue weighted by molar-refractivity contribution is 0.151. The predicted molar refractivity (Wildman–Crippen MR) is 64.1 cm³/mol. The summed E-state index contributed by atoms with van der Waals surface area (Å²) in [6, 6.07) is 7.79. The highest BCUT2D eigenvalue weighted by atomic mass is 127. The maximum atomic E-state index is 9.89. The minimum Gasteiger partial charge on any atom is -0.386 e. The van der Waals surface area contributed by atoms with Crippen molar-refractivity contribution in [2.24, 2.45) is 0 Å². The summed E-state index contributed by atoms with van der Waals surface area (Å²) >= 11 is 2.23. The molecule has 0 spiro atoms. The Labute approximate surface area is 101 Å². The van der Waals surface area contributed by atoms with Gasteiger partial charge in [0.25, 0.3) is 0 Å². The number of aliphatic hydroxyl groups is 1. The Balaban J connectivity index is 2.08. The molecule has 1 N–H and O–H groups in total. The molecule has 1 aromatic carbocycles. The fourth-order valence-electron chi connectivity index (χ4n) is 1.29. The van der Waals surface area contributed by atoms with Crippen LogP contribution < -0.4 is 0 Å². The first-order valence-electron chi connectivity index (χ1n) is 4.51. The standard InChI is InChI=1S/C10H10IN3O/c11-9-3-1-8(2-4-9)10(15)5-14-7-12-6-13-14/h1-4,6-7,10,15H,5H2. The lowest BCUT2D eigenvalue weighted by atomic mass is 10.1. The van der Waals surface area contributed by atoms with Crippen molar-refractivity contribution in [1.82, 2.24) is 14.8 Å². The molecule has 0 saturated carbocycles. The largest absolute Gasteiger partial charge is 0.386 e. The van der Waals surface area contributed by atoms with Crippen LogP contribution in [-0.2, 0) is 6.54 Å². The second kappa shape index (κ2) is 4.71. The van der Waals surface area contributed by atoms with Crippen molar-refractivity contribution in [2.75, 3.05) is 0 Å². The Bertz CT molecular complexity index is 413. The van der Waals surface area contributed by atoms with Crippen LogP contribution in [0.5, 0.6) is 0 Å². The second-order valence-electron chi connectivity index (χ2n) is 3.18. The summed E-state index contributed by atoms with van der Waals surface area (Å²) in [6.45, 7) is 0.431. The summed E-state index contributed by atoms with van der Waals surface area (Å²) in [5.74, 6) is 0. The van der Waals surface area contributed by atoms with Gasteiger partial charge in [-0.05, 0) is 40.3 Å². The molecule has 78 valence electrons. The van der Waals surface area contributed by atoms with E-state index in [1.54, 1.807) is 11.0 Å². The number of aliphatic hydroxyl groups excluding tert-OH is 1. The fraction of sp³-hybridized carbons (Fsp3) is 0.200. The van der Waals surface area contributed by atoms with Crippen molar-refractivity contribution in [2.45, 2.75) is 12.6 Å². The molecule has 0 bridgehead atoms. The van der Waals surface area contributed by atoms with Gasteiger partial charge in [-0.25, -0.2) is 4.98 Å². The quantitative estimate of drug-likeness (QED) is 0.876. The predicted octanol–water partition coefficient (Wildman–Crippen LogP) is 1.62. The van der Waals surface area contributed by atoms with Crippen molar-refractivity contribution in [1.29, 1.82) is 0 Å². The van der Waals surface area contributed by atoms with Gasteiger partial charge in [-0.1, -0.05) is 12.1 Å². The van der Waals surface area contributed by atoms with Crippen molar-refractivity contribution in [3.63, 3.8) is 0 Å². The van der Waals surface area contributed by atoms with Gasteiger partial charge in [-0.2, -0.15) is 5.10 Å². The summed E-state index contributed by atoms with van der Waals surface area (Å²) in [5, 5.41) is 13.8. The first kappa shape index (κ1) is 10.6. The third kappa shape index (κ3) is 2.75. The van der Waals surface area contributed by atoms with E-state index < -0.39 is 6.10 Å². The molecular weight excluding hydrogens is 305 g/mol. The van der Waals surface area contributed by atoms with Gasteiger partial charge >= 0.3 is 0 Å². The Hall–Kier alpha value is -0.950. The summed E-state index contributed by atoms with van der Waals surface area (Å²) in [5.41, 5.74) is 0.894. The maximum Gasteiger partial charge on any atom is 0.137 e. The van der Waals surface area contributed by atoms with Gasteiger partial charge in [0, 0.05) is 3.57 Å². The van der Waals surface area contributed by atoms with E-state index in [0.29, 0.717) is 6.54 Å². The molecule has 2 rings (SSSR count). The topological polar surface area (TPSA) is 50.9 Å². The molecule has 15 heavy (non-hydrogen) atoms. The van der Waals surface area contributed by atoms with E-state index in [2.05, 4.69) is 32.7 Å². The summed E-state index contributed by atoms with van der Waals surface area (Å²) < 4.78 is 2.77. The molecule has 5 heteroatoms. The SMILES string of the molecule is OC(Cn1cncn1)c1ccc(I)cc1. The van der Waals surface area contributed by atoms with Crippen molar-refractivity contribution in [3.8, 4) is 0 Å². The minimum atomic E-state index is -0.538. The molecule has 1 aromatic heterocycles. The fourth-order valence-corrected chi connectivity index (χ4v) is 1.65. The van der Waals surface area contributed by atoms with E-state index in [-0.39, 0.29) is 0 Å². The highest BCUT2D eigenvalue weighted by molar-refractivity contribution is 14.1. The van der Waals surface area contributed by atoms with Crippen LogP contribution in [0.25, 0.3) is 0 Å². The number of hydrogen-bond donors (Lipinski definition) is 1. The minimum absolute atomic E-state index is 0.431. The van der Waals surface area contributed by atoms with Gasteiger partial charge < -0.3 is 5.11 Å². The van der Waals surface area contributed by atoms with E-state index in [1.807, 2.05) is 24.3 Å². The highest BCUT2D eigenvalue weighted by Crippen LogP contribution is 2.15. The van der Waals surface area contributed by atoms with Crippen molar-refractivity contribution >= 4 is 22.6 Å². The third-order valence-electron chi connectivity index (χ3n) is 2.08. The van der Waals surface area contributed by atoms with Gasteiger partial charge in [0.05, 0.1) is 12.6 Å². The number of aromatic nitrogens is 3. The second-order valence-corrected chi connectivity index (χ2v) is 4.43. The van der Waals surface area contributed by atoms with E-state index in [4.69, 9.17) is 0 Å². The van der Waals surface area contributed by atoms with Crippen LogP contribution in [0.4, 0.5) is 0 Å². The van der Waals surface area contributed by atoms with Gasteiger partial charge in [0.1, 0.15) is 12.7 Å². The first-order valence-corrected chi connectivity index (χ1v) is 5.59. The smallest absolute Gasteiger partial charge is 0.137 e. The highest BCUT2D eigenvalue weighted by Gasteiger charge is 2.08. The van der Waals surface area contributed by atoms with Crippen molar-refractivity contribution < 1.29 is 5.11 Å². The summed E-state index contributed by atoms with van der Waals surface area (Å²) in [7, 11) is 0. The van der Waals surface area contributed by atoms with Gasteiger partial charge in [-0.15, -0.1) is 0 Å². The van der Waals surface area contributed by atoms with Crippen LogP contribution >= 0.6 is 22.6 Å². The molecule has 0 aliphatic heterocycles. The number of rotatable bonds is 3. The molecule has 1 unspecified atom stereocenters. The Morgan fingerprint density at radius 2 is 2.07 bits per heavy atom. The van der Waals surface area contributed by atoms with E-state index in [9.17, 15) is 5.11 Å². The zero-order valence-corrected chi connectivity index (χ0v) is 10.1. The molecule has 4 nitrogen and oxygen atoms in total. The van der Waals surface area contributed by atoms with Gasteiger partial charge in [0.2, 0.25) is 0 Å². The van der Waals surface area contributed by atoms with E-state index in [1.165, 1.54) is 6.33 Å². The molecule has 0 fully saturated rings. The Morgan fingerprint density at radius 1 is 1.33 bits per heavy atom.